The Morgan fingerprint density at radius 2 is 2.17 bits per heavy atom. The van der Waals surface area contributed by atoms with Crippen molar-refractivity contribution in [1.82, 2.24) is 15.1 Å². The molecule has 0 bridgehead atoms. The number of nitrogens with zero attached hydrogens (tertiary/aromatic N) is 2. The van der Waals surface area contributed by atoms with Crippen molar-refractivity contribution >= 4 is 22.8 Å². The fraction of sp³-hybridized carbons (Fsp3) is 0.250. The topological polar surface area (TPSA) is 86.3 Å². The van der Waals surface area contributed by atoms with Gasteiger partial charge in [0.25, 0.3) is 5.91 Å². The van der Waals surface area contributed by atoms with E-state index in [1.165, 1.54) is 18.9 Å². The number of carboxylic acids is 1. The number of carbonyl (C=O) groups is 2. The van der Waals surface area contributed by atoms with Gasteiger partial charge in [0, 0.05) is 12.4 Å². The molecule has 2 N–H and O–H groups in total. The molecule has 1 atom stereocenters. The number of fused-ring (bicyclic) bond motifs is 1. The summed E-state index contributed by atoms with van der Waals surface area (Å²) in [5, 5.41) is 16.2. The van der Waals surface area contributed by atoms with Crippen LogP contribution >= 0.6 is 0 Å². The van der Waals surface area contributed by atoms with Gasteiger partial charge in [-0.3, -0.25) is 9.89 Å². The lowest BCUT2D eigenvalue weighted by molar-refractivity contribution is -0.141. The molecule has 1 heterocycles. The third-order valence-corrected chi connectivity index (χ3v) is 2.97. The molecule has 94 valence electrons. The molecule has 0 aliphatic heterocycles. The number of likely N-dealkylation sites (N-methyl/N-ethyl adjacent to an activating group) is 1. The van der Waals surface area contributed by atoms with Crippen LogP contribution in [0.1, 0.15) is 17.3 Å². The predicted molar refractivity (Wildman–Crippen MR) is 65.3 cm³/mol. The number of aromatic nitrogens is 2. The summed E-state index contributed by atoms with van der Waals surface area (Å²) in [6.45, 7) is 1.47. The van der Waals surface area contributed by atoms with Gasteiger partial charge >= 0.3 is 5.97 Å². The predicted octanol–water partition coefficient (Wildman–Crippen LogP) is 1.11. The van der Waals surface area contributed by atoms with Gasteiger partial charge in [0.1, 0.15) is 6.04 Å². The fourth-order valence-electron chi connectivity index (χ4n) is 1.69. The van der Waals surface area contributed by atoms with Crippen LogP contribution in [-0.2, 0) is 4.79 Å². The summed E-state index contributed by atoms with van der Waals surface area (Å²) in [6.07, 6.45) is 1.56. The van der Waals surface area contributed by atoms with Crippen molar-refractivity contribution in [3.63, 3.8) is 0 Å². The molecule has 6 nitrogen and oxygen atoms in total. The van der Waals surface area contributed by atoms with Crippen molar-refractivity contribution < 1.29 is 14.7 Å². The first-order chi connectivity index (χ1) is 8.52. The number of carbonyl (C=O) groups excluding carboxylic acids is 1. The molecule has 0 aliphatic carbocycles. The molecule has 0 fully saturated rings. The lowest BCUT2D eigenvalue weighted by Crippen LogP contribution is -2.40. The highest BCUT2D eigenvalue weighted by Gasteiger charge is 2.24. The summed E-state index contributed by atoms with van der Waals surface area (Å²) < 4.78 is 0. The maximum atomic E-state index is 12.2. The van der Waals surface area contributed by atoms with Gasteiger partial charge in [0.2, 0.25) is 0 Å². The van der Waals surface area contributed by atoms with Gasteiger partial charge in [-0.1, -0.05) is 6.07 Å². The van der Waals surface area contributed by atoms with Crippen LogP contribution in [0.4, 0.5) is 0 Å². The summed E-state index contributed by atoms with van der Waals surface area (Å²) in [4.78, 5) is 24.3. The maximum absolute atomic E-state index is 12.2. The van der Waals surface area contributed by atoms with E-state index in [0.717, 1.165) is 5.52 Å². The van der Waals surface area contributed by atoms with Gasteiger partial charge < -0.3 is 10.0 Å². The highest BCUT2D eigenvalue weighted by Crippen LogP contribution is 2.18. The summed E-state index contributed by atoms with van der Waals surface area (Å²) in [7, 11) is 1.47. The molecule has 1 amide bonds. The van der Waals surface area contributed by atoms with Crippen molar-refractivity contribution in [3.8, 4) is 0 Å². The van der Waals surface area contributed by atoms with Crippen molar-refractivity contribution in [3.05, 3.63) is 30.0 Å². The number of hydrogen-bond acceptors (Lipinski definition) is 3. The summed E-state index contributed by atoms with van der Waals surface area (Å²) in [5.41, 5.74) is 1.19. The monoisotopic (exact) mass is 247 g/mol. The Bertz CT molecular complexity index is 605. The van der Waals surface area contributed by atoms with Crippen LogP contribution in [0, 0.1) is 0 Å². The quantitative estimate of drug-likeness (QED) is 0.850. The number of hydrogen-bond donors (Lipinski definition) is 2. The zero-order valence-electron chi connectivity index (χ0n) is 10.0. The summed E-state index contributed by atoms with van der Waals surface area (Å²) >= 11 is 0. The Balaban J connectivity index is 2.39. The lowest BCUT2D eigenvalue weighted by Gasteiger charge is -2.21. The first-order valence-electron chi connectivity index (χ1n) is 5.44. The Morgan fingerprint density at radius 3 is 2.83 bits per heavy atom. The van der Waals surface area contributed by atoms with Gasteiger partial charge in [-0.25, -0.2) is 4.79 Å². The number of H-pyrrole nitrogens is 1. The van der Waals surface area contributed by atoms with Gasteiger partial charge in [0.05, 0.1) is 17.3 Å². The van der Waals surface area contributed by atoms with Crippen LogP contribution in [-0.4, -0.2) is 45.2 Å². The highest BCUT2D eigenvalue weighted by molar-refractivity contribution is 6.06. The van der Waals surface area contributed by atoms with Gasteiger partial charge in [-0.2, -0.15) is 5.10 Å². The SMILES string of the molecule is CC(C(=O)O)N(C)C(=O)c1cccc2[nH]ncc12. The van der Waals surface area contributed by atoms with Crippen LogP contribution in [0.25, 0.3) is 10.9 Å². The molecular formula is C12H13N3O3. The first kappa shape index (κ1) is 12.1. The van der Waals surface area contributed by atoms with E-state index in [1.807, 2.05) is 0 Å². The van der Waals surface area contributed by atoms with Gasteiger partial charge in [-0.15, -0.1) is 0 Å². The van der Waals surface area contributed by atoms with Crippen molar-refractivity contribution in [2.24, 2.45) is 0 Å². The van der Waals surface area contributed by atoms with Crippen molar-refractivity contribution in [1.29, 1.82) is 0 Å². The lowest BCUT2D eigenvalue weighted by atomic mass is 10.1. The molecule has 1 unspecified atom stereocenters. The minimum absolute atomic E-state index is 0.336. The van der Waals surface area contributed by atoms with Crippen LogP contribution in [0.3, 0.4) is 0 Å². The molecular weight excluding hydrogens is 234 g/mol. The molecule has 6 heteroatoms. The zero-order chi connectivity index (χ0) is 13.3. The second-order valence-corrected chi connectivity index (χ2v) is 4.07. The fourth-order valence-corrected chi connectivity index (χ4v) is 1.69. The smallest absolute Gasteiger partial charge is 0.326 e. The largest absolute Gasteiger partial charge is 0.480 e. The van der Waals surface area contributed by atoms with E-state index in [0.29, 0.717) is 10.9 Å². The van der Waals surface area contributed by atoms with E-state index in [9.17, 15) is 9.59 Å². The highest BCUT2D eigenvalue weighted by atomic mass is 16.4. The first-order valence-corrected chi connectivity index (χ1v) is 5.44. The van der Waals surface area contributed by atoms with E-state index in [-0.39, 0.29) is 5.91 Å². The third-order valence-electron chi connectivity index (χ3n) is 2.97. The Labute approximate surface area is 103 Å². The van der Waals surface area contributed by atoms with Crippen LogP contribution in [0.2, 0.25) is 0 Å². The summed E-state index contributed by atoms with van der Waals surface area (Å²) in [5.74, 6) is -1.37. The second-order valence-electron chi connectivity index (χ2n) is 4.07. The molecule has 1 aromatic heterocycles. The molecule has 2 rings (SSSR count). The number of aliphatic carboxylic acids is 1. The second kappa shape index (κ2) is 4.48. The molecule has 0 aliphatic rings. The number of carboxylic acid groups (broad SMARTS) is 1. The minimum Gasteiger partial charge on any atom is -0.480 e. The third kappa shape index (κ3) is 1.92. The maximum Gasteiger partial charge on any atom is 0.326 e. The Kier molecular flexibility index (Phi) is 3.01. The molecule has 18 heavy (non-hydrogen) atoms. The average Bonchev–Trinajstić information content (AvgIpc) is 2.83. The molecule has 0 spiro atoms. The Hall–Kier alpha value is -2.37. The number of benzene rings is 1. The number of rotatable bonds is 3. The number of amides is 1. The minimum atomic E-state index is -1.04. The Morgan fingerprint density at radius 1 is 1.44 bits per heavy atom. The molecule has 1 aromatic carbocycles. The van der Waals surface area contributed by atoms with E-state index in [2.05, 4.69) is 10.2 Å². The molecule has 0 saturated heterocycles. The van der Waals surface area contributed by atoms with Crippen molar-refractivity contribution in [2.45, 2.75) is 13.0 Å². The van der Waals surface area contributed by atoms with Crippen LogP contribution in [0.15, 0.2) is 24.4 Å². The molecule has 0 saturated carbocycles. The average molecular weight is 247 g/mol. The molecule has 2 aromatic rings. The standard InChI is InChI=1S/C12H13N3O3/c1-7(12(17)18)15(2)11(16)8-4-3-5-10-9(8)6-13-14-10/h3-7H,1-2H3,(H,13,14)(H,17,18). The van der Waals surface area contributed by atoms with E-state index in [1.54, 1.807) is 24.4 Å². The zero-order valence-corrected chi connectivity index (χ0v) is 10.0. The van der Waals surface area contributed by atoms with E-state index >= 15 is 0 Å². The number of aromatic amines is 1. The normalized spacial score (nSPS) is 12.3. The van der Waals surface area contributed by atoms with E-state index < -0.39 is 12.0 Å². The van der Waals surface area contributed by atoms with E-state index in [4.69, 9.17) is 5.11 Å². The van der Waals surface area contributed by atoms with Crippen LogP contribution in [0.5, 0.6) is 0 Å². The summed E-state index contributed by atoms with van der Waals surface area (Å²) in [6, 6.07) is 4.32. The van der Waals surface area contributed by atoms with Crippen LogP contribution < -0.4 is 0 Å². The van der Waals surface area contributed by atoms with Gasteiger partial charge in [0.15, 0.2) is 0 Å². The van der Waals surface area contributed by atoms with Crippen molar-refractivity contribution in [2.75, 3.05) is 7.05 Å². The van der Waals surface area contributed by atoms with Gasteiger partial charge in [-0.05, 0) is 19.1 Å². The molecule has 0 radical (unpaired) electrons. The number of nitrogens with one attached hydrogen (secondary N) is 1.